The minimum absolute atomic E-state index is 0.00764. The Hall–Kier alpha value is -1.79. The van der Waals surface area contributed by atoms with Crippen molar-refractivity contribution in [2.45, 2.75) is 19.4 Å². The van der Waals surface area contributed by atoms with Crippen LogP contribution >= 0.6 is 23.2 Å². The Morgan fingerprint density at radius 3 is 2.57 bits per heavy atom. The molecule has 8 heteroatoms. The number of carboxylic acid groups (broad SMARTS) is 1. The second-order valence-electron chi connectivity index (χ2n) is 4.23. The van der Waals surface area contributed by atoms with Gasteiger partial charge in [-0.25, -0.2) is 0 Å². The molecule has 1 aromatic carbocycles. The van der Waals surface area contributed by atoms with E-state index in [0.29, 0.717) is 0 Å². The van der Waals surface area contributed by atoms with Crippen molar-refractivity contribution < 1.29 is 19.5 Å². The van der Waals surface area contributed by atoms with Crippen LogP contribution in [0.4, 0.5) is 0 Å². The van der Waals surface area contributed by atoms with E-state index in [1.807, 2.05) is 0 Å². The van der Waals surface area contributed by atoms with Gasteiger partial charge in [0, 0.05) is 6.54 Å². The van der Waals surface area contributed by atoms with Crippen LogP contribution < -0.4 is 10.6 Å². The first-order chi connectivity index (χ1) is 9.82. The van der Waals surface area contributed by atoms with E-state index in [4.69, 9.17) is 28.3 Å². The molecular weight excluding hydrogens is 319 g/mol. The van der Waals surface area contributed by atoms with Crippen molar-refractivity contribution in [3.05, 3.63) is 33.8 Å². The van der Waals surface area contributed by atoms with Crippen LogP contribution in [0.3, 0.4) is 0 Å². The molecule has 21 heavy (non-hydrogen) atoms. The van der Waals surface area contributed by atoms with Gasteiger partial charge in [-0.1, -0.05) is 29.3 Å². The summed E-state index contributed by atoms with van der Waals surface area (Å²) in [5, 5.41) is 13.7. The van der Waals surface area contributed by atoms with Gasteiger partial charge < -0.3 is 15.7 Å². The average Bonchev–Trinajstić information content (AvgIpc) is 2.41. The molecule has 0 aliphatic rings. The molecule has 0 saturated heterocycles. The monoisotopic (exact) mass is 332 g/mol. The third kappa shape index (κ3) is 5.24. The van der Waals surface area contributed by atoms with Gasteiger partial charge in [-0.15, -0.1) is 0 Å². The Balaban J connectivity index is 2.59. The van der Waals surface area contributed by atoms with Crippen LogP contribution in [-0.2, 0) is 9.59 Å². The van der Waals surface area contributed by atoms with Crippen LogP contribution in [0.2, 0.25) is 10.0 Å². The number of hydrogen-bond donors (Lipinski definition) is 3. The highest BCUT2D eigenvalue weighted by Gasteiger charge is 2.19. The van der Waals surface area contributed by atoms with Crippen LogP contribution in [0.1, 0.15) is 23.7 Å². The fraction of sp³-hybridized carbons (Fsp3) is 0.308. The number of nitrogens with one attached hydrogen (secondary N) is 2. The van der Waals surface area contributed by atoms with Gasteiger partial charge in [0.1, 0.15) is 6.04 Å². The highest BCUT2D eigenvalue weighted by Crippen LogP contribution is 2.25. The molecule has 0 heterocycles. The standard InChI is InChI=1S/C13H14Cl2N2O4/c1-7(12(20)16-6-5-10(18)19)17-13(21)8-3-2-4-9(14)11(8)15/h2-4,7H,5-6H2,1H3,(H,16,20)(H,17,21)(H,18,19). The fourth-order valence-electron chi connectivity index (χ4n) is 1.46. The maximum Gasteiger partial charge on any atom is 0.305 e. The van der Waals surface area contributed by atoms with Crippen LogP contribution in [0.25, 0.3) is 0 Å². The van der Waals surface area contributed by atoms with Gasteiger partial charge in [-0.3, -0.25) is 14.4 Å². The summed E-state index contributed by atoms with van der Waals surface area (Å²) in [4.78, 5) is 34.0. The second kappa shape index (κ2) is 7.85. The molecule has 0 bridgehead atoms. The molecule has 0 radical (unpaired) electrons. The van der Waals surface area contributed by atoms with Crippen molar-refractivity contribution in [3.8, 4) is 0 Å². The molecule has 0 fully saturated rings. The van der Waals surface area contributed by atoms with E-state index in [0.717, 1.165) is 0 Å². The lowest BCUT2D eigenvalue weighted by molar-refractivity contribution is -0.137. The number of halogens is 2. The van der Waals surface area contributed by atoms with Gasteiger partial charge in [0.2, 0.25) is 5.91 Å². The Bertz CT molecular complexity index is 563. The summed E-state index contributed by atoms with van der Waals surface area (Å²) < 4.78 is 0. The van der Waals surface area contributed by atoms with Crippen molar-refractivity contribution >= 4 is 41.0 Å². The number of hydrogen-bond acceptors (Lipinski definition) is 3. The van der Waals surface area contributed by atoms with Crippen LogP contribution in [0.15, 0.2) is 18.2 Å². The Morgan fingerprint density at radius 2 is 1.95 bits per heavy atom. The van der Waals surface area contributed by atoms with Crippen molar-refractivity contribution in [1.29, 1.82) is 0 Å². The lowest BCUT2D eigenvalue weighted by Crippen LogP contribution is -2.45. The summed E-state index contributed by atoms with van der Waals surface area (Å²) >= 11 is 11.7. The molecule has 114 valence electrons. The number of carbonyl (C=O) groups excluding carboxylic acids is 2. The molecule has 1 aromatic rings. The molecule has 1 atom stereocenters. The second-order valence-corrected chi connectivity index (χ2v) is 5.02. The first kappa shape index (κ1) is 17.3. The van der Waals surface area contributed by atoms with E-state index >= 15 is 0 Å². The Morgan fingerprint density at radius 1 is 1.29 bits per heavy atom. The van der Waals surface area contributed by atoms with Gasteiger partial charge in [0.05, 0.1) is 22.0 Å². The van der Waals surface area contributed by atoms with Gasteiger partial charge >= 0.3 is 5.97 Å². The molecule has 0 aliphatic carbocycles. The van der Waals surface area contributed by atoms with Crippen LogP contribution in [0.5, 0.6) is 0 Å². The SMILES string of the molecule is CC(NC(=O)c1cccc(Cl)c1Cl)C(=O)NCCC(=O)O. The Kier molecular flexibility index (Phi) is 6.45. The number of aliphatic carboxylic acids is 1. The lowest BCUT2D eigenvalue weighted by Gasteiger charge is -2.14. The maximum absolute atomic E-state index is 12.0. The summed E-state index contributed by atoms with van der Waals surface area (Å²) in [6.07, 6.45) is -0.188. The summed E-state index contributed by atoms with van der Waals surface area (Å²) in [5.41, 5.74) is 0.161. The highest BCUT2D eigenvalue weighted by atomic mass is 35.5. The minimum atomic E-state index is -1.02. The van der Waals surface area contributed by atoms with Crippen molar-refractivity contribution in [1.82, 2.24) is 10.6 Å². The molecular formula is C13H14Cl2N2O4. The van der Waals surface area contributed by atoms with Crippen LogP contribution in [-0.4, -0.2) is 35.5 Å². The van der Waals surface area contributed by atoms with Crippen molar-refractivity contribution in [3.63, 3.8) is 0 Å². The van der Waals surface area contributed by atoms with Gasteiger partial charge in [0.15, 0.2) is 0 Å². The number of carboxylic acids is 1. The first-order valence-electron chi connectivity index (χ1n) is 6.07. The molecule has 0 aliphatic heterocycles. The number of rotatable bonds is 6. The molecule has 0 saturated carbocycles. The number of carbonyl (C=O) groups is 3. The predicted octanol–water partition coefficient (Wildman–Crippen LogP) is 1.70. The molecule has 6 nitrogen and oxygen atoms in total. The quantitative estimate of drug-likeness (QED) is 0.738. The molecule has 2 amide bonds. The van der Waals surface area contributed by atoms with E-state index in [9.17, 15) is 14.4 Å². The first-order valence-corrected chi connectivity index (χ1v) is 6.83. The smallest absolute Gasteiger partial charge is 0.305 e. The lowest BCUT2D eigenvalue weighted by atomic mass is 10.2. The summed E-state index contributed by atoms with van der Waals surface area (Å²) in [6.45, 7) is 1.47. The van der Waals surface area contributed by atoms with Gasteiger partial charge in [-0.2, -0.15) is 0 Å². The third-order valence-electron chi connectivity index (χ3n) is 2.58. The van der Waals surface area contributed by atoms with E-state index in [1.54, 1.807) is 12.1 Å². The fourth-order valence-corrected chi connectivity index (χ4v) is 1.85. The largest absolute Gasteiger partial charge is 0.481 e. The minimum Gasteiger partial charge on any atom is -0.481 e. The third-order valence-corrected chi connectivity index (χ3v) is 3.39. The maximum atomic E-state index is 12.0. The molecule has 1 unspecified atom stereocenters. The van der Waals surface area contributed by atoms with Gasteiger partial charge in [-0.05, 0) is 19.1 Å². The van der Waals surface area contributed by atoms with Crippen molar-refractivity contribution in [2.24, 2.45) is 0 Å². The molecule has 0 aromatic heterocycles. The Labute approximate surface area is 131 Å². The van der Waals surface area contributed by atoms with E-state index in [1.165, 1.54) is 13.0 Å². The van der Waals surface area contributed by atoms with E-state index in [2.05, 4.69) is 10.6 Å². The topological polar surface area (TPSA) is 95.5 Å². The zero-order valence-corrected chi connectivity index (χ0v) is 12.7. The normalized spacial score (nSPS) is 11.6. The van der Waals surface area contributed by atoms with Crippen molar-refractivity contribution in [2.75, 3.05) is 6.54 Å². The summed E-state index contributed by atoms with van der Waals surface area (Å²) in [6, 6.07) is 3.77. The van der Waals surface area contributed by atoms with E-state index < -0.39 is 23.8 Å². The molecule has 3 N–H and O–H groups in total. The number of amides is 2. The predicted molar refractivity (Wildman–Crippen MR) is 78.7 cm³/mol. The molecule has 1 rings (SSSR count). The van der Waals surface area contributed by atoms with Crippen LogP contribution in [0, 0.1) is 0 Å². The highest BCUT2D eigenvalue weighted by molar-refractivity contribution is 6.43. The van der Waals surface area contributed by atoms with Gasteiger partial charge in [0.25, 0.3) is 5.91 Å². The number of benzene rings is 1. The average molecular weight is 333 g/mol. The summed E-state index contributed by atoms with van der Waals surface area (Å²) in [7, 11) is 0. The zero-order chi connectivity index (χ0) is 16.0. The van der Waals surface area contributed by atoms with E-state index in [-0.39, 0.29) is 28.6 Å². The zero-order valence-electron chi connectivity index (χ0n) is 11.2. The summed E-state index contributed by atoms with van der Waals surface area (Å²) in [5.74, 6) is -2.04. The molecule has 0 spiro atoms.